The topological polar surface area (TPSA) is 38.0 Å². The first-order valence-corrected chi connectivity index (χ1v) is 4.99. The maximum atomic E-state index is 5.55. The van der Waals surface area contributed by atoms with Crippen LogP contribution >= 0.6 is 0 Å². The summed E-state index contributed by atoms with van der Waals surface area (Å²) in [5, 5.41) is 3.22. The summed E-state index contributed by atoms with van der Waals surface area (Å²) in [6, 6.07) is 8.26. The standard InChI is InChI=1S/C13H14N2/c14-10-11-5-7-12(8-6-11)13-4-2-1-3-9-15-13/h1-9,15H,10,14H2. The van der Waals surface area contributed by atoms with Crippen LogP contribution in [0.15, 0.2) is 54.8 Å². The van der Waals surface area contributed by atoms with Crippen molar-refractivity contribution in [2.24, 2.45) is 5.73 Å². The summed E-state index contributed by atoms with van der Waals surface area (Å²) in [5.41, 5.74) is 8.97. The molecule has 3 N–H and O–H groups in total. The SMILES string of the molecule is NCc1ccc(C2=CC=CC=CN2)cc1. The van der Waals surface area contributed by atoms with Gasteiger partial charge in [0.15, 0.2) is 0 Å². The summed E-state index contributed by atoms with van der Waals surface area (Å²) in [7, 11) is 0. The van der Waals surface area contributed by atoms with Crippen LogP contribution in [0.4, 0.5) is 0 Å². The smallest absolute Gasteiger partial charge is 0.0453 e. The molecule has 15 heavy (non-hydrogen) atoms. The zero-order valence-electron chi connectivity index (χ0n) is 8.48. The number of hydrogen-bond acceptors (Lipinski definition) is 2. The van der Waals surface area contributed by atoms with Gasteiger partial charge in [-0.15, -0.1) is 0 Å². The summed E-state index contributed by atoms with van der Waals surface area (Å²) in [5.74, 6) is 0. The van der Waals surface area contributed by atoms with E-state index in [1.807, 2.05) is 24.4 Å². The van der Waals surface area contributed by atoms with Gasteiger partial charge >= 0.3 is 0 Å². The number of hydrogen-bond donors (Lipinski definition) is 2. The molecular formula is C13H14N2. The molecule has 0 saturated carbocycles. The van der Waals surface area contributed by atoms with Gasteiger partial charge in [0.05, 0.1) is 0 Å². The summed E-state index contributed by atoms with van der Waals surface area (Å²) in [6.45, 7) is 0.590. The summed E-state index contributed by atoms with van der Waals surface area (Å²) in [6.07, 6.45) is 9.96. The molecule has 0 unspecified atom stereocenters. The van der Waals surface area contributed by atoms with E-state index in [4.69, 9.17) is 5.73 Å². The molecule has 0 amide bonds. The van der Waals surface area contributed by atoms with Gasteiger partial charge in [0.1, 0.15) is 0 Å². The third-order valence-corrected chi connectivity index (χ3v) is 2.32. The van der Waals surface area contributed by atoms with E-state index in [9.17, 15) is 0 Å². The predicted molar refractivity (Wildman–Crippen MR) is 63.7 cm³/mol. The average Bonchev–Trinajstić information content (AvgIpc) is 2.58. The first-order valence-electron chi connectivity index (χ1n) is 4.99. The molecular weight excluding hydrogens is 184 g/mol. The maximum Gasteiger partial charge on any atom is 0.0453 e. The molecule has 0 spiro atoms. The van der Waals surface area contributed by atoms with Gasteiger partial charge < -0.3 is 11.1 Å². The minimum absolute atomic E-state index is 0.590. The van der Waals surface area contributed by atoms with Crippen LogP contribution in [0.25, 0.3) is 5.70 Å². The highest BCUT2D eigenvalue weighted by atomic mass is 14.8. The van der Waals surface area contributed by atoms with Crippen molar-refractivity contribution in [2.45, 2.75) is 6.54 Å². The molecule has 1 aliphatic rings. The second-order valence-corrected chi connectivity index (χ2v) is 3.37. The zero-order valence-corrected chi connectivity index (χ0v) is 8.48. The highest BCUT2D eigenvalue weighted by Gasteiger charge is 1.99. The predicted octanol–water partition coefficient (Wildman–Crippen LogP) is 2.16. The molecule has 0 saturated heterocycles. The van der Waals surface area contributed by atoms with Gasteiger partial charge in [-0.25, -0.2) is 0 Å². The molecule has 0 aromatic heterocycles. The Hall–Kier alpha value is -1.80. The number of nitrogens with two attached hydrogens (primary N) is 1. The Labute approximate surface area is 89.8 Å². The van der Waals surface area contributed by atoms with E-state index >= 15 is 0 Å². The van der Waals surface area contributed by atoms with Crippen molar-refractivity contribution < 1.29 is 0 Å². The van der Waals surface area contributed by atoms with E-state index in [0.717, 1.165) is 11.3 Å². The van der Waals surface area contributed by atoms with Crippen LogP contribution in [0.2, 0.25) is 0 Å². The second-order valence-electron chi connectivity index (χ2n) is 3.37. The molecule has 0 radical (unpaired) electrons. The van der Waals surface area contributed by atoms with Gasteiger partial charge in [-0.05, 0) is 23.3 Å². The van der Waals surface area contributed by atoms with Crippen molar-refractivity contribution in [3.63, 3.8) is 0 Å². The first kappa shape index (κ1) is 9.74. The van der Waals surface area contributed by atoms with Crippen molar-refractivity contribution in [2.75, 3.05) is 0 Å². The van der Waals surface area contributed by atoms with Crippen molar-refractivity contribution in [1.29, 1.82) is 0 Å². The van der Waals surface area contributed by atoms with Gasteiger partial charge in [-0.1, -0.05) is 36.4 Å². The lowest BCUT2D eigenvalue weighted by Crippen LogP contribution is -2.03. The Balaban J connectivity index is 2.25. The van der Waals surface area contributed by atoms with Crippen LogP contribution in [0.3, 0.4) is 0 Å². The fourth-order valence-corrected chi connectivity index (χ4v) is 1.46. The Kier molecular flexibility index (Phi) is 3.00. The van der Waals surface area contributed by atoms with Crippen molar-refractivity contribution >= 4 is 5.70 Å². The molecule has 2 nitrogen and oxygen atoms in total. The molecule has 0 fully saturated rings. The lowest BCUT2D eigenvalue weighted by molar-refractivity contribution is 1.07. The zero-order chi connectivity index (χ0) is 10.5. The molecule has 1 aliphatic heterocycles. The van der Waals surface area contributed by atoms with E-state index in [0.29, 0.717) is 6.54 Å². The monoisotopic (exact) mass is 198 g/mol. The lowest BCUT2D eigenvalue weighted by Gasteiger charge is -2.06. The molecule has 0 aliphatic carbocycles. The van der Waals surface area contributed by atoms with Crippen LogP contribution in [0.5, 0.6) is 0 Å². The maximum absolute atomic E-state index is 5.55. The Morgan fingerprint density at radius 3 is 2.53 bits per heavy atom. The fraction of sp³-hybridized carbons (Fsp3) is 0.0769. The molecule has 0 bridgehead atoms. The summed E-state index contributed by atoms with van der Waals surface area (Å²) >= 11 is 0. The number of allylic oxidation sites excluding steroid dienone is 4. The molecule has 76 valence electrons. The summed E-state index contributed by atoms with van der Waals surface area (Å²) < 4.78 is 0. The summed E-state index contributed by atoms with van der Waals surface area (Å²) in [4.78, 5) is 0. The third-order valence-electron chi connectivity index (χ3n) is 2.32. The van der Waals surface area contributed by atoms with Crippen molar-refractivity contribution in [3.05, 3.63) is 65.9 Å². The Bertz CT molecular complexity index is 411. The van der Waals surface area contributed by atoms with Crippen LogP contribution in [-0.4, -0.2) is 0 Å². The average molecular weight is 198 g/mol. The normalized spacial score (nSPS) is 14.3. The van der Waals surface area contributed by atoms with Gasteiger partial charge in [0.2, 0.25) is 0 Å². The van der Waals surface area contributed by atoms with Crippen molar-refractivity contribution in [3.8, 4) is 0 Å². The first-order chi connectivity index (χ1) is 7.40. The van der Waals surface area contributed by atoms with E-state index in [-0.39, 0.29) is 0 Å². The molecule has 1 heterocycles. The van der Waals surface area contributed by atoms with Crippen LogP contribution in [-0.2, 0) is 6.54 Å². The fourth-order valence-electron chi connectivity index (χ4n) is 1.46. The van der Waals surface area contributed by atoms with Crippen LogP contribution < -0.4 is 11.1 Å². The van der Waals surface area contributed by atoms with Gasteiger partial charge in [-0.2, -0.15) is 0 Å². The van der Waals surface area contributed by atoms with Gasteiger partial charge in [-0.3, -0.25) is 0 Å². The molecule has 1 aromatic rings. The molecule has 1 aromatic carbocycles. The molecule has 0 atom stereocenters. The van der Waals surface area contributed by atoms with E-state index in [1.165, 1.54) is 5.56 Å². The number of rotatable bonds is 2. The second kappa shape index (κ2) is 4.62. The molecule has 2 rings (SSSR count). The Morgan fingerprint density at radius 1 is 1.00 bits per heavy atom. The van der Waals surface area contributed by atoms with Gasteiger partial charge in [0.25, 0.3) is 0 Å². The third kappa shape index (κ3) is 2.36. The Morgan fingerprint density at radius 2 is 1.80 bits per heavy atom. The van der Waals surface area contributed by atoms with Crippen molar-refractivity contribution in [1.82, 2.24) is 5.32 Å². The van der Waals surface area contributed by atoms with E-state index in [2.05, 4.69) is 35.7 Å². The highest BCUT2D eigenvalue weighted by molar-refractivity contribution is 5.67. The van der Waals surface area contributed by atoms with E-state index in [1.54, 1.807) is 0 Å². The number of nitrogens with one attached hydrogen (secondary N) is 1. The quantitative estimate of drug-likeness (QED) is 0.764. The highest BCUT2D eigenvalue weighted by Crippen LogP contribution is 2.14. The minimum atomic E-state index is 0.590. The number of benzene rings is 1. The van der Waals surface area contributed by atoms with E-state index < -0.39 is 0 Å². The van der Waals surface area contributed by atoms with Gasteiger partial charge in [0, 0.05) is 18.4 Å². The lowest BCUT2D eigenvalue weighted by atomic mass is 10.1. The molecule has 2 heteroatoms. The van der Waals surface area contributed by atoms with Crippen LogP contribution in [0.1, 0.15) is 11.1 Å². The largest absolute Gasteiger partial charge is 0.361 e. The van der Waals surface area contributed by atoms with Crippen LogP contribution in [0, 0.1) is 0 Å². The minimum Gasteiger partial charge on any atom is -0.361 e.